The van der Waals surface area contributed by atoms with Gasteiger partial charge in [0.15, 0.2) is 5.17 Å². The fourth-order valence-electron chi connectivity index (χ4n) is 1.75. The molecule has 0 radical (unpaired) electrons. The van der Waals surface area contributed by atoms with E-state index in [0.717, 1.165) is 16.6 Å². The van der Waals surface area contributed by atoms with Crippen LogP contribution in [0.3, 0.4) is 0 Å². The van der Waals surface area contributed by atoms with Crippen LogP contribution in [0, 0.1) is 0 Å². The van der Waals surface area contributed by atoms with Crippen molar-refractivity contribution < 1.29 is 0 Å². The molecule has 0 bridgehead atoms. The van der Waals surface area contributed by atoms with E-state index in [-0.39, 0.29) is 0 Å². The van der Waals surface area contributed by atoms with Crippen LogP contribution < -0.4 is 5.32 Å². The van der Waals surface area contributed by atoms with Crippen molar-refractivity contribution in [2.45, 2.75) is 6.04 Å². The monoisotopic (exact) mass is 260 g/mol. The third kappa shape index (κ3) is 2.53. The van der Waals surface area contributed by atoms with Gasteiger partial charge in [-0.3, -0.25) is 4.99 Å². The molecular formula is C13H12N2S2. The Hall–Kier alpha value is -1.26. The molecule has 86 valence electrons. The summed E-state index contributed by atoms with van der Waals surface area (Å²) in [5.74, 6) is 1.02. The number of aliphatic imine (C=N–C) groups is 1. The van der Waals surface area contributed by atoms with E-state index in [2.05, 4.69) is 46.4 Å². The van der Waals surface area contributed by atoms with Gasteiger partial charge in [-0.05, 0) is 17.0 Å². The minimum atomic E-state index is 0.294. The fourth-order valence-corrected chi connectivity index (χ4v) is 3.31. The Balaban J connectivity index is 1.73. The smallest absolute Gasteiger partial charge is 0.161 e. The normalized spacial score (nSPS) is 19.1. The van der Waals surface area contributed by atoms with Crippen LogP contribution in [-0.2, 0) is 0 Å². The van der Waals surface area contributed by atoms with Crippen molar-refractivity contribution in [1.82, 2.24) is 0 Å². The zero-order valence-electron chi connectivity index (χ0n) is 9.17. The number of thioether (sulfide) groups is 1. The van der Waals surface area contributed by atoms with Crippen molar-refractivity contribution >= 4 is 34.0 Å². The van der Waals surface area contributed by atoms with Gasteiger partial charge in [0.25, 0.3) is 0 Å². The Morgan fingerprint density at radius 1 is 1.18 bits per heavy atom. The molecule has 0 saturated carbocycles. The number of hydrogen-bond acceptors (Lipinski definition) is 4. The first kappa shape index (κ1) is 10.9. The molecule has 1 N–H and O–H groups in total. The lowest BCUT2D eigenvalue weighted by Crippen LogP contribution is -2.03. The highest BCUT2D eigenvalue weighted by Crippen LogP contribution is 2.30. The summed E-state index contributed by atoms with van der Waals surface area (Å²) >= 11 is 3.48. The summed E-state index contributed by atoms with van der Waals surface area (Å²) in [7, 11) is 0. The van der Waals surface area contributed by atoms with Crippen LogP contribution in [0.2, 0.25) is 0 Å². The van der Waals surface area contributed by atoms with Crippen molar-refractivity contribution in [3.63, 3.8) is 0 Å². The largest absolute Gasteiger partial charge is 0.334 e. The molecule has 1 aliphatic heterocycles. The summed E-state index contributed by atoms with van der Waals surface area (Å²) in [6.07, 6.45) is 0. The van der Waals surface area contributed by atoms with E-state index < -0.39 is 0 Å². The van der Waals surface area contributed by atoms with Gasteiger partial charge in [-0.2, -0.15) is 11.3 Å². The van der Waals surface area contributed by atoms with E-state index in [4.69, 9.17) is 4.99 Å². The van der Waals surface area contributed by atoms with Crippen LogP contribution in [0.1, 0.15) is 11.6 Å². The minimum Gasteiger partial charge on any atom is -0.334 e. The Kier molecular flexibility index (Phi) is 3.16. The van der Waals surface area contributed by atoms with Gasteiger partial charge in [-0.25, -0.2) is 0 Å². The second kappa shape index (κ2) is 4.94. The lowest BCUT2D eigenvalue weighted by molar-refractivity contribution is 0.849. The molecule has 0 spiro atoms. The average Bonchev–Trinajstić information content (AvgIpc) is 3.02. The van der Waals surface area contributed by atoms with E-state index in [1.807, 2.05) is 6.07 Å². The summed E-state index contributed by atoms with van der Waals surface area (Å²) in [5.41, 5.74) is 2.43. The highest BCUT2D eigenvalue weighted by atomic mass is 32.2. The third-order valence-electron chi connectivity index (χ3n) is 2.61. The molecule has 2 heterocycles. The van der Waals surface area contributed by atoms with Crippen molar-refractivity contribution in [1.29, 1.82) is 0 Å². The SMILES string of the molecule is c1ccc(C2CSC(Nc3ccsc3)=N2)cc1. The van der Waals surface area contributed by atoms with Crippen LogP contribution in [0.25, 0.3) is 0 Å². The Bertz CT molecular complexity index is 505. The summed E-state index contributed by atoms with van der Waals surface area (Å²) in [5, 5.41) is 8.53. The zero-order valence-corrected chi connectivity index (χ0v) is 10.8. The number of nitrogens with zero attached hydrogens (tertiary/aromatic N) is 1. The van der Waals surface area contributed by atoms with Crippen LogP contribution in [0.5, 0.6) is 0 Å². The summed E-state index contributed by atoms with van der Waals surface area (Å²) in [4.78, 5) is 4.71. The minimum absolute atomic E-state index is 0.294. The number of rotatable bonds is 2. The number of anilines is 1. The topological polar surface area (TPSA) is 24.4 Å². The molecule has 1 atom stereocenters. The highest BCUT2D eigenvalue weighted by molar-refractivity contribution is 8.14. The number of hydrogen-bond donors (Lipinski definition) is 1. The van der Waals surface area contributed by atoms with Gasteiger partial charge < -0.3 is 5.32 Å². The molecule has 1 unspecified atom stereocenters. The second-order valence-electron chi connectivity index (χ2n) is 3.81. The summed E-state index contributed by atoms with van der Waals surface area (Å²) in [6, 6.07) is 12.8. The van der Waals surface area contributed by atoms with E-state index >= 15 is 0 Å². The first-order chi connectivity index (χ1) is 8.42. The maximum Gasteiger partial charge on any atom is 0.161 e. The quantitative estimate of drug-likeness (QED) is 0.882. The molecule has 1 aliphatic rings. The van der Waals surface area contributed by atoms with E-state index in [1.54, 1.807) is 23.1 Å². The molecule has 0 fully saturated rings. The van der Waals surface area contributed by atoms with Crippen molar-refractivity contribution in [2.24, 2.45) is 4.99 Å². The molecule has 1 aromatic carbocycles. The van der Waals surface area contributed by atoms with Crippen molar-refractivity contribution in [3.8, 4) is 0 Å². The highest BCUT2D eigenvalue weighted by Gasteiger charge is 2.19. The maximum absolute atomic E-state index is 4.71. The molecule has 0 aliphatic carbocycles. The standard InChI is InChI=1S/C13H12N2S2/c1-2-4-10(5-3-1)12-9-17-13(15-12)14-11-6-7-16-8-11/h1-8,12H,9H2,(H,14,15). The number of benzene rings is 1. The molecule has 4 heteroatoms. The molecule has 1 aromatic heterocycles. The molecule has 3 rings (SSSR count). The van der Waals surface area contributed by atoms with Crippen LogP contribution in [0.15, 0.2) is 52.2 Å². The number of amidine groups is 1. The van der Waals surface area contributed by atoms with Gasteiger partial charge in [-0.1, -0.05) is 42.1 Å². The number of nitrogens with one attached hydrogen (secondary N) is 1. The Morgan fingerprint density at radius 3 is 2.82 bits per heavy atom. The predicted molar refractivity (Wildman–Crippen MR) is 77.0 cm³/mol. The lowest BCUT2D eigenvalue weighted by atomic mass is 10.1. The van der Waals surface area contributed by atoms with Crippen molar-refractivity contribution in [2.75, 3.05) is 11.1 Å². The van der Waals surface area contributed by atoms with E-state index in [0.29, 0.717) is 6.04 Å². The van der Waals surface area contributed by atoms with Gasteiger partial charge >= 0.3 is 0 Å². The Morgan fingerprint density at radius 2 is 2.06 bits per heavy atom. The first-order valence-corrected chi connectivity index (χ1v) is 7.39. The fraction of sp³-hybridized carbons (Fsp3) is 0.154. The zero-order chi connectivity index (χ0) is 11.5. The van der Waals surface area contributed by atoms with Gasteiger partial charge in [0.05, 0.1) is 11.7 Å². The molecule has 17 heavy (non-hydrogen) atoms. The van der Waals surface area contributed by atoms with Crippen LogP contribution in [0.4, 0.5) is 5.69 Å². The first-order valence-electron chi connectivity index (χ1n) is 5.46. The number of thiophene rings is 1. The predicted octanol–water partition coefficient (Wildman–Crippen LogP) is 4.00. The van der Waals surface area contributed by atoms with Gasteiger partial charge in [0.1, 0.15) is 0 Å². The lowest BCUT2D eigenvalue weighted by Gasteiger charge is -2.04. The molecule has 2 aromatic rings. The van der Waals surface area contributed by atoms with Crippen molar-refractivity contribution in [3.05, 3.63) is 52.7 Å². The van der Waals surface area contributed by atoms with Crippen LogP contribution in [-0.4, -0.2) is 10.9 Å². The van der Waals surface area contributed by atoms with Gasteiger partial charge in [0.2, 0.25) is 0 Å². The van der Waals surface area contributed by atoms with Gasteiger partial charge in [0, 0.05) is 11.1 Å². The molecule has 0 amide bonds. The summed E-state index contributed by atoms with van der Waals surface area (Å²) < 4.78 is 0. The second-order valence-corrected chi connectivity index (χ2v) is 5.60. The maximum atomic E-state index is 4.71. The van der Waals surface area contributed by atoms with E-state index in [1.165, 1.54) is 5.56 Å². The Labute approximate surface area is 109 Å². The average molecular weight is 260 g/mol. The van der Waals surface area contributed by atoms with Gasteiger partial charge in [-0.15, -0.1) is 0 Å². The molecule has 2 nitrogen and oxygen atoms in total. The third-order valence-corrected chi connectivity index (χ3v) is 4.25. The summed E-state index contributed by atoms with van der Waals surface area (Å²) in [6.45, 7) is 0. The molecular weight excluding hydrogens is 248 g/mol. The van der Waals surface area contributed by atoms with E-state index in [9.17, 15) is 0 Å². The molecule has 0 saturated heterocycles. The van der Waals surface area contributed by atoms with Crippen LogP contribution >= 0.6 is 23.1 Å².